The van der Waals surface area contributed by atoms with Crippen molar-refractivity contribution in [2.24, 2.45) is 7.05 Å². The molecule has 0 saturated heterocycles. The molecule has 0 radical (unpaired) electrons. The molecule has 0 aromatic carbocycles. The monoisotopic (exact) mass is 248 g/mol. The summed E-state index contributed by atoms with van der Waals surface area (Å²) >= 11 is 2.97. The molecule has 0 aliphatic heterocycles. The number of aryl methyl sites for hydroxylation is 1. The van der Waals surface area contributed by atoms with Gasteiger partial charge in [0.25, 0.3) is 0 Å². The van der Waals surface area contributed by atoms with Gasteiger partial charge in [-0.2, -0.15) is 0 Å². The zero-order valence-corrected chi connectivity index (χ0v) is 8.61. The molecule has 6 heteroatoms. The molecule has 72 valence electrons. The van der Waals surface area contributed by atoms with Crippen molar-refractivity contribution in [2.75, 3.05) is 5.33 Å². The number of alkyl halides is 1. The maximum Gasteiger partial charge on any atom is 0.331 e. The highest BCUT2D eigenvalue weighted by molar-refractivity contribution is 9.09. The molecule has 0 aliphatic carbocycles. The van der Waals surface area contributed by atoms with E-state index in [1.807, 2.05) is 0 Å². The molecule has 0 bridgehead atoms. The third-order valence-electron chi connectivity index (χ3n) is 1.60. The molecule has 0 unspecified atom stereocenters. The van der Waals surface area contributed by atoms with Gasteiger partial charge < -0.3 is 5.11 Å². The minimum atomic E-state index is -0.396. The van der Waals surface area contributed by atoms with E-state index in [1.54, 1.807) is 0 Å². The fourth-order valence-corrected chi connectivity index (χ4v) is 1.13. The van der Waals surface area contributed by atoms with Crippen molar-refractivity contribution in [3.05, 3.63) is 16.7 Å². The molecule has 0 fully saturated rings. The number of ketones is 1. The van der Waals surface area contributed by atoms with Gasteiger partial charge in [-0.25, -0.2) is 4.79 Å². The van der Waals surface area contributed by atoms with Gasteiger partial charge in [0, 0.05) is 7.05 Å². The number of Topliss-reactive ketones (excluding diaryl/α,β-unsaturated/α-hetero) is 1. The number of hydrogen-bond acceptors (Lipinski definition) is 3. The Hall–Kier alpha value is -1.04. The molecule has 0 atom stereocenters. The van der Waals surface area contributed by atoms with Crippen LogP contribution in [0.2, 0.25) is 0 Å². The lowest BCUT2D eigenvalue weighted by atomic mass is 10.4. The summed E-state index contributed by atoms with van der Waals surface area (Å²) in [6.07, 6.45) is 1.27. The molecule has 1 heterocycles. The summed E-state index contributed by atoms with van der Waals surface area (Å²) < 4.78 is 2.24. The first kappa shape index (κ1) is 10.0. The zero-order chi connectivity index (χ0) is 10.0. The van der Waals surface area contributed by atoms with Crippen molar-refractivity contribution in [3.63, 3.8) is 0 Å². The van der Waals surface area contributed by atoms with E-state index < -0.39 is 5.69 Å². The van der Waals surface area contributed by atoms with E-state index in [0.29, 0.717) is 0 Å². The van der Waals surface area contributed by atoms with Crippen molar-refractivity contribution in [2.45, 2.75) is 6.54 Å². The van der Waals surface area contributed by atoms with Crippen molar-refractivity contribution in [1.82, 2.24) is 9.13 Å². The molecule has 0 aliphatic rings. The van der Waals surface area contributed by atoms with Gasteiger partial charge in [0.15, 0.2) is 5.78 Å². The molecule has 0 spiro atoms. The van der Waals surface area contributed by atoms with Crippen LogP contribution in [0.25, 0.3) is 0 Å². The van der Waals surface area contributed by atoms with Crippen molar-refractivity contribution >= 4 is 21.7 Å². The highest BCUT2D eigenvalue weighted by Gasteiger charge is 2.10. The van der Waals surface area contributed by atoms with Crippen LogP contribution in [0.3, 0.4) is 0 Å². The Labute approximate surface area is 82.7 Å². The number of aromatic nitrogens is 2. The van der Waals surface area contributed by atoms with Crippen molar-refractivity contribution in [3.8, 4) is 5.88 Å². The summed E-state index contributed by atoms with van der Waals surface area (Å²) in [5, 5.41) is 9.41. The molecule has 0 saturated carbocycles. The Balaban J connectivity index is 3.01. The van der Waals surface area contributed by atoms with E-state index in [0.717, 1.165) is 4.57 Å². The maximum atomic E-state index is 11.2. The van der Waals surface area contributed by atoms with Crippen molar-refractivity contribution < 1.29 is 9.90 Å². The molecule has 0 amide bonds. The normalized spacial score (nSPS) is 10.3. The Kier molecular flexibility index (Phi) is 2.92. The van der Waals surface area contributed by atoms with Crippen LogP contribution < -0.4 is 5.69 Å². The van der Waals surface area contributed by atoms with Crippen LogP contribution in [0.15, 0.2) is 11.0 Å². The standard InChI is InChI=1S/C7H9BrN2O3/c1-9-4-6(12)10(7(9)13)3-5(11)2-8/h4,12H,2-3H2,1H3. The second kappa shape index (κ2) is 3.78. The minimum Gasteiger partial charge on any atom is -0.493 e. The number of aromatic hydroxyl groups is 1. The van der Waals surface area contributed by atoms with Gasteiger partial charge in [0.05, 0.1) is 18.1 Å². The summed E-state index contributed by atoms with van der Waals surface area (Å²) in [5.74, 6) is -0.356. The van der Waals surface area contributed by atoms with Gasteiger partial charge >= 0.3 is 5.69 Å². The first-order chi connectivity index (χ1) is 6.06. The average Bonchev–Trinajstić information content (AvgIpc) is 2.32. The van der Waals surface area contributed by atoms with Crippen LogP contribution in [0.4, 0.5) is 0 Å². The molecular formula is C7H9BrN2O3. The molecule has 1 rings (SSSR count). The first-order valence-electron chi connectivity index (χ1n) is 3.59. The molecule has 13 heavy (non-hydrogen) atoms. The molecular weight excluding hydrogens is 240 g/mol. The molecule has 1 aromatic heterocycles. The van der Waals surface area contributed by atoms with Crippen molar-refractivity contribution in [1.29, 1.82) is 0 Å². The van der Waals surface area contributed by atoms with E-state index in [1.165, 1.54) is 17.8 Å². The predicted octanol–water partition coefficient (Wildman–Crippen LogP) is -0.144. The Morgan fingerprint density at radius 2 is 2.31 bits per heavy atom. The zero-order valence-electron chi connectivity index (χ0n) is 7.03. The fourth-order valence-electron chi connectivity index (χ4n) is 0.954. The second-order valence-corrected chi connectivity index (χ2v) is 3.20. The van der Waals surface area contributed by atoms with Crippen LogP contribution >= 0.6 is 15.9 Å². The Morgan fingerprint density at radius 1 is 1.69 bits per heavy atom. The lowest BCUT2D eigenvalue weighted by molar-refractivity contribution is -0.117. The molecule has 1 aromatic rings. The number of imidazole rings is 1. The van der Waals surface area contributed by atoms with Crippen LogP contribution in [0.5, 0.6) is 5.88 Å². The summed E-state index contributed by atoms with van der Waals surface area (Å²) in [7, 11) is 1.51. The first-order valence-corrected chi connectivity index (χ1v) is 4.71. The highest BCUT2D eigenvalue weighted by Crippen LogP contribution is 2.04. The smallest absolute Gasteiger partial charge is 0.331 e. The number of halogens is 1. The number of hydrogen-bond donors (Lipinski definition) is 1. The van der Waals surface area contributed by atoms with Crippen LogP contribution in [0.1, 0.15) is 0 Å². The number of rotatable bonds is 3. The van der Waals surface area contributed by atoms with E-state index in [9.17, 15) is 14.7 Å². The summed E-state index contributed by atoms with van der Waals surface area (Å²) in [4.78, 5) is 22.2. The van der Waals surface area contributed by atoms with Gasteiger partial charge in [-0.1, -0.05) is 15.9 Å². The quantitative estimate of drug-likeness (QED) is 0.758. The SMILES string of the molecule is Cn1cc(O)n(CC(=O)CBr)c1=O. The predicted molar refractivity (Wildman–Crippen MR) is 50.1 cm³/mol. The fraction of sp³-hybridized carbons (Fsp3) is 0.429. The third-order valence-corrected chi connectivity index (χ3v) is 2.23. The average molecular weight is 249 g/mol. The van der Waals surface area contributed by atoms with E-state index >= 15 is 0 Å². The van der Waals surface area contributed by atoms with Gasteiger partial charge in [-0.05, 0) is 0 Å². The van der Waals surface area contributed by atoms with Gasteiger partial charge in [-0.3, -0.25) is 13.9 Å². The largest absolute Gasteiger partial charge is 0.493 e. The number of carbonyl (C=O) groups is 1. The maximum absolute atomic E-state index is 11.2. The minimum absolute atomic E-state index is 0.100. The third kappa shape index (κ3) is 2.00. The van der Waals surface area contributed by atoms with Gasteiger partial charge in [0.2, 0.25) is 5.88 Å². The van der Waals surface area contributed by atoms with E-state index in [2.05, 4.69) is 15.9 Å². The van der Waals surface area contributed by atoms with Gasteiger partial charge in [0.1, 0.15) is 0 Å². The highest BCUT2D eigenvalue weighted by atomic mass is 79.9. The summed E-state index contributed by atoms with van der Waals surface area (Å²) in [6, 6.07) is 0. The second-order valence-electron chi connectivity index (χ2n) is 2.64. The van der Waals surface area contributed by atoms with Gasteiger partial charge in [-0.15, -0.1) is 0 Å². The number of carbonyl (C=O) groups excluding carboxylic acids is 1. The lowest BCUT2D eigenvalue weighted by Crippen LogP contribution is -2.25. The topological polar surface area (TPSA) is 64.2 Å². The number of nitrogens with zero attached hydrogens (tertiary/aromatic N) is 2. The summed E-state index contributed by atoms with van der Waals surface area (Å²) in [5.41, 5.74) is -0.396. The van der Waals surface area contributed by atoms with Crippen LogP contribution in [-0.2, 0) is 18.4 Å². The van der Waals surface area contributed by atoms with Crippen LogP contribution in [0, 0.1) is 0 Å². The van der Waals surface area contributed by atoms with Crippen LogP contribution in [-0.4, -0.2) is 25.4 Å². The van der Waals surface area contributed by atoms with E-state index in [4.69, 9.17) is 0 Å². The Morgan fingerprint density at radius 3 is 2.69 bits per heavy atom. The molecule has 1 N–H and O–H groups in total. The summed E-state index contributed by atoms with van der Waals surface area (Å²) in [6.45, 7) is -0.100. The Bertz CT molecular complexity index is 380. The van der Waals surface area contributed by atoms with E-state index in [-0.39, 0.29) is 23.5 Å². The lowest BCUT2D eigenvalue weighted by Gasteiger charge is -1.98. The molecule has 5 nitrogen and oxygen atoms in total.